The number of methoxy groups -OCH3 is 1. The van der Waals surface area contributed by atoms with E-state index >= 15 is 0 Å². The first-order chi connectivity index (χ1) is 9.01. The first-order valence-electron chi connectivity index (χ1n) is 5.84. The maximum atomic E-state index is 12.0. The SMILES string of the molecule is COC1CC(C(=O)O)N(C(=O)Nc2ccn(C)n2)C1. The zero-order valence-electron chi connectivity index (χ0n) is 10.7. The van der Waals surface area contributed by atoms with Crippen LogP contribution in [-0.4, -0.2) is 57.6 Å². The van der Waals surface area contributed by atoms with Crippen LogP contribution in [0.25, 0.3) is 0 Å². The van der Waals surface area contributed by atoms with Gasteiger partial charge in [-0.15, -0.1) is 0 Å². The van der Waals surface area contributed by atoms with Gasteiger partial charge in [-0.05, 0) is 0 Å². The number of carbonyl (C=O) groups excluding carboxylic acids is 1. The third-order valence-electron chi connectivity index (χ3n) is 3.09. The number of anilines is 1. The third-order valence-corrected chi connectivity index (χ3v) is 3.09. The second-order valence-corrected chi connectivity index (χ2v) is 4.40. The Kier molecular flexibility index (Phi) is 3.70. The molecule has 0 spiro atoms. The second kappa shape index (κ2) is 5.27. The average molecular weight is 268 g/mol. The van der Waals surface area contributed by atoms with E-state index in [1.54, 1.807) is 24.0 Å². The Morgan fingerprint density at radius 3 is 2.84 bits per heavy atom. The van der Waals surface area contributed by atoms with Gasteiger partial charge in [-0.25, -0.2) is 9.59 Å². The summed E-state index contributed by atoms with van der Waals surface area (Å²) in [6.45, 7) is 0.256. The fourth-order valence-electron chi connectivity index (χ4n) is 2.09. The highest BCUT2D eigenvalue weighted by atomic mass is 16.5. The van der Waals surface area contributed by atoms with Crippen LogP contribution in [0.1, 0.15) is 6.42 Å². The van der Waals surface area contributed by atoms with E-state index in [4.69, 9.17) is 9.84 Å². The van der Waals surface area contributed by atoms with Gasteiger partial charge in [-0.1, -0.05) is 0 Å². The zero-order valence-corrected chi connectivity index (χ0v) is 10.7. The highest BCUT2D eigenvalue weighted by Crippen LogP contribution is 2.21. The smallest absolute Gasteiger partial charge is 0.326 e. The summed E-state index contributed by atoms with van der Waals surface area (Å²) in [5.41, 5.74) is 0. The quantitative estimate of drug-likeness (QED) is 0.812. The number of ether oxygens (including phenoxy) is 1. The Bertz CT molecular complexity index is 487. The third kappa shape index (κ3) is 2.84. The predicted molar refractivity (Wildman–Crippen MR) is 65.8 cm³/mol. The molecule has 8 heteroatoms. The van der Waals surface area contributed by atoms with Gasteiger partial charge in [-0.2, -0.15) is 5.10 Å². The number of rotatable bonds is 3. The molecule has 0 bridgehead atoms. The van der Waals surface area contributed by atoms with Crippen LogP contribution in [0.15, 0.2) is 12.3 Å². The molecule has 0 radical (unpaired) electrons. The Hall–Kier alpha value is -2.09. The Morgan fingerprint density at radius 2 is 2.32 bits per heavy atom. The topological polar surface area (TPSA) is 96.7 Å². The number of carboxylic acid groups (broad SMARTS) is 1. The maximum absolute atomic E-state index is 12.0. The molecule has 1 saturated heterocycles. The molecule has 104 valence electrons. The minimum absolute atomic E-state index is 0.254. The number of carboxylic acids is 1. The van der Waals surface area contributed by atoms with Crippen LogP contribution >= 0.6 is 0 Å². The zero-order chi connectivity index (χ0) is 14.0. The summed E-state index contributed by atoms with van der Waals surface area (Å²) in [5.74, 6) is -0.645. The van der Waals surface area contributed by atoms with E-state index in [1.165, 1.54) is 12.0 Å². The molecule has 1 fully saturated rings. The highest BCUT2D eigenvalue weighted by molar-refractivity contribution is 5.92. The number of hydrogen-bond acceptors (Lipinski definition) is 4. The van der Waals surface area contributed by atoms with Crippen molar-refractivity contribution in [3.05, 3.63) is 12.3 Å². The van der Waals surface area contributed by atoms with Crippen LogP contribution in [0.4, 0.5) is 10.6 Å². The Labute approximate surface area is 109 Å². The summed E-state index contributed by atoms with van der Waals surface area (Å²) in [6, 6.07) is 0.289. The van der Waals surface area contributed by atoms with Crippen molar-refractivity contribution in [2.75, 3.05) is 19.0 Å². The van der Waals surface area contributed by atoms with Crippen LogP contribution in [-0.2, 0) is 16.6 Å². The van der Waals surface area contributed by atoms with Gasteiger partial charge in [0.15, 0.2) is 5.82 Å². The molecule has 2 amide bonds. The number of nitrogens with one attached hydrogen (secondary N) is 1. The number of urea groups is 1. The molecular weight excluding hydrogens is 252 g/mol. The van der Waals surface area contributed by atoms with Crippen LogP contribution in [0.3, 0.4) is 0 Å². The van der Waals surface area contributed by atoms with Crippen molar-refractivity contribution in [2.45, 2.75) is 18.6 Å². The number of aromatic nitrogens is 2. The monoisotopic (exact) mass is 268 g/mol. The molecule has 2 unspecified atom stereocenters. The maximum Gasteiger partial charge on any atom is 0.326 e. The van der Waals surface area contributed by atoms with Crippen molar-refractivity contribution < 1.29 is 19.4 Å². The molecule has 0 aromatic carbocycles. The lowest BCUT2D eigenvalue weighted by Gasteiger charge is -2.20. The number of aryl methyl sites for hydroxylation is 1. The van der Waals surface area contributed by atoms with Gasteiger partial charge >= 0.3 is 12.0 Å². The standard InChI is InChI=1S/C11H16N4O4/c1-14-4-3-9(13-14)12-11(18)15-6-7(19-2)5-8(15)10(16)17/h3-4,7-8H,5-6H2,1-2H3,(H,16,17)(H,12,13,18). The molecule has 8 nitrogen and oxygen atoms in total. The Balaban J connectivity index is 2.06. The van der Waals surface area contributed by atoms with Crippen molar-refractivity contribution in [1.82, 2.24) is 14.7 Å². The summed E-state index contributed by atoms with van der Waals surface area (Å²) >= 11 is 0. The van der Waals surface area contributed by atoms with Gasteiger partial charge in [0.25, 0.3) is 0 Å². The Morgan fingerprint density at radius 1 is 1.58 bits per heavy atom. The predicted octanol–water partition coefficient (Wildman–Crippen LogP) is 0.126. The summed E-state index contributed by atoms with van der Waals surface area (Å²) in [4.78, 5) is 24.4. The lowest BCUT2D eigenvalue weighted by molar-refractivity contribution is -0.141. The second-order valence-electron chi connectivity index (χ2n) is 4.40. The van der Waals surface area contributed by atoms with Crippen molar-refractivity contribution in [2.24, 2.45) is 7.05 Å². The molecular formula is C11H16N4O4. The highest BCUT2D eigenvalue weighted by Gasteiger charge is 2.40. The molecule has 2 rings (SSSR count). The average Bonchev–Trinajstić information content (AvgIpc) is 2.95. The van der Waals surface area contributed by atoms with Gasteiger partial charge < -0.3 is 14.7 Å². The molecule has 1 aromatic heterocycles. The van der Waals surface area contributed by atoms with Crippen LogP contribution in [0.5, 0.6) is 0 Å². The van der Waals surface area contributed by atoms with Gasteiger partial charge in [0, 0.05) is 39.4 Å². The minimum Gasteiger partial charge on any atom is -0.480 e. The number of carbonyl (C=O) groups is 2. The van der Waals surface area contributed by atoms with Crippen molar-refractivity contribution in [3.8, 4) is 0 Å². The van der Waals surface area contributed by atoms with Crippen LogP contribution < -0.4 is 5.32 Å². The first kappa shape index (κ1) is 13.3. The van der Waals surface area contributed by atoms with Gasteiger partial charge in [0.2, 0.25) is 0 Å². The molecule has 1 aliphatic heterocycles. The van der Waals surface area contributed by atoms with E-state index in [-0.39, 0.29) is 12.6 Å². The normalized spacial score (nSPS) is 22.5. The summed E-state index contributed by atoms with van der Waals surface area (Å²) < 4.78 is 6.67. The van der Waals surface area contributed by atoms with Gasteiger partial charge in [0.1, 0.15) is 6.04 Å². The van der Waals surface area contributed by atoms with E-state index in [0.29, 0.717) is 12.2 Å². The number of hydrogen-bond donors (Lipinski definition) is 2. The number of nitrogens with zero attached hydrogens (tertiary/aromatic N) is 3. The van der Waals surface area contributed by atoms with Crippen LogP contribution in [0, 0.1) is 0 Å². The lowest BCUT2D eigenvalue weighted by Crippen LogP contribution is -2.43. The lowest BCUT2D eigenvalue weighted by atomic mass is 10.2. The van der Waals surface area contributed by atoms with Crippen molar-refractivity contribution in [1.29, 1.82) is 0 Å². The van der Waals surface area contributed by atoms with E-state index < -0.39 is 18.0 Å². The first-order valence-corrected chi connectivity index (χ1v) is 5.84. The molecule has 2 atom stereocenters. The molecule has 2 N–H and O–H groups in total. The van der Waals surface area contributed by atoms with Crippen molar-refractivity contribution in [3.63, 3.8) is 0 Å². The molecule has 19 heavy (non-hydrogen) atoms. The summed E-state index contributed by atoms with van der Waals surface area (Å²) in [6.07, 6.45) is 1.73. The fourth-order valence-corrected chi connectivity index (χ4v) is 2.09. The van der Waals surface area contributed by atoms with E-state index in [1.807, 2.05) is 0 Å². The van der Waals surface area contributed by atoms with Gasteiger partial charge in [0.05, 0.1) is 6.10 Å². The molecule has 1 aliphatic rings. The number of amides is 2. The summed E-state index contributed by atoms with van der Waals surface area (Å²) in [7, 11) is 3.23. The molecule has 0 saturated carbocycles. The molecule has 0 aliphatic carbocycles. The fraction of sp³-hybridized carbons (Fsp3) is 0.545. The van der Waals surface area contributed by atoms with E-state index in [0.717, 1.165) is 0 Å². The molecule has 2 heterocycles. The van der Waals surface area contributed by atoms with Crippen molar-refractivity contribution >= 4 is 17.8 Å². The number of aliphatic carboxylic acids is 1. The minimum atomic E-state index is -1.03. The molecule has 1 aromatic rings. The van der Waals surface area contributed by atoms with E-state index in [2.05, 4.69) is 10.4 Å². The van der Waals surface area contributed by atoms with Crippen LogP contribution in [0.2, 0.25) is 0 Å². The number of likely N-dealkylation sites (tertiary alicyclic amines) is 1. The van der Waals surface area contributed by atoms with Gasteiger partial charge in [-0.3, -0.25) is 10.00 Å². The summed E-state index contributed by atoms with van der Waals surface area (Å²) in [5, 5.41) is 15.7. The largest absolute Gasteiger partial charge is 0.480 e. The van der Waals surface area contributed by atoms with E-state index in [9.17, 15) is 9.59 Å².